The Balaban J connectivity index is 2.76. The highest BCUT2D eigenvalue weighted by Gasteiger charge is 2.12. The van der Waals surface area contributed by atoms with Crippen LogP contribution in [0.5, 0.6) is 0 Å². The first-order chi connectivity index (χ1) is 6.69. The Morgan fingerprint density at radius 1 is 1.57 bits per heavy atom. The molecule has 1 aromatic rings. The van der Waals surface area contributed by atoms with Gasteiger partial charge >= 0.3 is 0 Å². The molecule has 0 fully saturated rings. The number of aromatic nitrogens is 1. The van der Waals surface area contributed by atoms with Gasteiger partial charge in [-0.15, -0.1) is 11.3 Å². The van der Waals surface area contributed by atoms with Gasteiger partial charge in [-0.2, -0.15) is 0 Å². The standard InChI is InChI=1S/C10H19N3S/c1-4-5-13(8(2)3)10-12-7-9(6-11)14-10/h7-8H,4-6,11H2,1-3H3. The first-order valence-electron chi connectivity index (χ1n) is 5.10. The molecule has 1 heterocycles. The third-order valence-corrected chi connectivity index (χ3v) is 3.13. The van der Waals surface area contributed by atoms with Gasteiger partial charge in [0.2, 0.25) is 0 Å². The molecule has 1 rings (SSSR count). The number of hydrogen-bond donors (Lipinski definition) is 1. The fourth-order valence-corrected chi connectivity index (χ4v) is 2.29. The maximum atomic E-state index is 5.57. The monoisotopic (exact) mass is 213 g/mol. The number of rotatable bonds is 5. The van der Waals surface area contributed by atoms with E-state index in [9.17, 15) is 0 Å². The molecule has 0 radical (unpaired) electrons. The molecular formula is C10H19N3S. The lowest BCUT2D eigenvalue weighted by molar-refractivity contribution is 0.669. The van der Waals surface area contributed by atoms with Crippen molar-refractivity contribution in [3.05, 3.63) is 11.1 Å². The van der Waals surface area contributed by atoms with Gasteiger partial charge < -0.3 is 10.6 Å². The van der Waals surface area contributed by atoms with E-state index in [4.69, 9.17) is 5.73 Å². The zero-order valence-electron chi connectivity index (χ0n) is 9.16. The van der Waals surface area contributed by atoms with Crippen molar-refractivity contribution in [2.75, 3.05) is 11.4 Å². The zero-order chi connectivity index (χ0) is 10.6. The van der Waals surface area contributed by atoms with Crippen molar-refractivity contribution >= 4 is 16.5 Å². The summed E-state index contributed by atoms with van der Waals surface area (Å²) in [6.45, 7) is 8.23. The van der Waals surface area contributed by atoms with E-state index >= 15 is 0 Å². The van der Waals surface area contributed by atoms with Crippen LogP contribution in [0.4, 0.5) is 5.13 Å². The molecule has 0 aliphatic carbocycles. The topological polar surface area (TPSA) is 42.2 Å². The van der Waals surface area contributed by atoms with Gasteiger partial charge in [0.05, 0.1) is 0 Å². The quantitative estimate of drug-likeness (QED) is 0.815. The maximum Gasteiger partial charge on any atom is 0.185 e. The van der Waals surface area contributed by atoms with Crippen LogP contribution < -0.4 is 10.6 Å². The summed E-state index contributed by atoms with van der Waals surface area (Å²) in [5.41, 5.74) is 5.57. The molecule has 0 atom stereocenters. The first kappa shape index (κ1) is 11.5. The number of nitrogens with two attached hydrogens (primary N) is 1. The lowest BCUT2D eigenvalue weighted by atomic mass is 10.3. The third kappa shape index (κ3) is 2.69. The van der Waals surface area contributed by atoms with Crippen LogP contribution in [-0.2, 0) is 6.54 Å². The summed E-state index contributed by atoms with van der Waals surface area (Å²) < 4.78 is 0. The van der Waals surface area contributed by atoms with Gasteiger partial charge in [-0.3, -0.25) is 0 Å². The van der Waals surface area contributed by atoms with E-state index in [2.05, 4.69) is 30.7 Å². The Bertz CT molecular complexity index is 270. The molecule has 0 bridgehead atoms. The minimum atomic E-state index is 0.506. The molecule has 0 saturated heterocycles. The lowest BCUT2D eigenvalue weighted by Gasteiger charge is -2.25. The number of nitrogens with zero attached hydrogens (tertiary/aromatic N) is 2. The van der Waals surface area contributed by atoms with E-state index in [1.807, 2.05) is 6.20 Å². The van der Waals surface area contributed by atoms with Crippen LogP contribution in [0, 0.1) is 0 Å². The smallest absolute Gasteiger partial charge is 0.185 e. The predicted octanol–water partition coefficient (Wildman–Crippen LogP) is 2.23. The Morgan fingerprint density at radius 3 is 2.71 bits per heavy atom. The molecule has 0 aliphatic rings. The van der Waals surface area contributed by atoms with Crippen molar-refractivity contribution in [3.8, 4) is 0 Å². The van der Waals surface area contributed by atoms with Gasteiger partial charge in [0, 0.05) is 30.2 Å². The molecule has 0 aliphatic heterocycles. The molecule has 1 aromatic heterocycles. The average molecular weight is 213 g/mol. The Labute approximate surface area is 89.9 Å². The highest BCUT2D eigenvalue weighted by atomic mass is 32.1. The summed E-state index contributed by atoms with van der Waals surface area (Å²) >= 11 is 1.70. The first-order valence-corrected chi connectivity index (χ1v) is 5.92. The van der Waals surface area contributed by atoms with Gasteiger partial charge in [-0.25, -0.2) is 4.98 Å². The molecule has 4 heteroatoms. The molecule has 0 saturated carbocycles. The van der Waals surface area contributed by atoms with Gasteiger partial charge in [0.15, 0.2) is 5.13 Å². The minimum absolute atomic E-state index is 0.506. The van der Waals surface area contributed by atoms with Crippen molar-refractivity contribution in [2.45, 2.75) is 39.8 Å². The van der Waals surface area contributed by atoms with Crippen molar-refractivity contribution in [3.63, 3.8) is 0 Å². The van der Waals surface area contributed by atoms with Gasteiger partial charge in [-0.05, 0) is 20.3 Å². The zero-order valence-corrected chi connectivity index (χ0v) is 9.97. The average Bonchev–Trinajstić information content (AvgIpc) is 2.61. The van der Waals surface area contributed by atoms with Crippen molar-refractivity contribution in [2.24, 2.45) is 5.73 Å². The fourth-order valence-electron chi connectivity index (χ4n) is 1.34. The van der Waals surface area contributed by atoms with Crippen molar-refractivity contribution in [1.82, 2.24) is 4.98 Å². The van der Waals surface area contributed by atoms with Gasteiger partial charge in [-0.1, -0.05) is 6.92 Å². The third-order valence-electron chi connectivity index (χ3n) is 2.08. The Morgan fingerprint density at radius 2 is 2.29 bits per heavy atom. The molecule has 14 heavy (non-hydrogen) atoms. The van der Waals surface area contributed by atoms with Crippen LogP contribution in [0.25, 0.3) is 0 Å². The Hall–Kier alpha value is -0.610. The van der Waals surface area contributed by atoms with E-state index < -0.39 is 0 Å². The SMILES string of the molecule is CCCN(c1ncc(CN)s1)C(C)C. The van der Waals surface area contributed by atoms with Crippen LogP contribution in [0.2, 0.25) is 0 Å². The van der Waals surface area contributed by atoms with E-state index in [-0.39, 0.29) is 0 Å². The van der Waals surface area contributed by atoms with E-state index in [1.165, 1.54) is 0 Å². The minimum Gasteiger partial charge on any atom is -0.346 e. The van der Waals surface area contributed by atoms with E-state index in [0.29, 0.717) is 12.6 Å². The fraction of sp³-hybridized carbons (Fsp3) is 0.700. The lowest BCUT2D eigenvalue weighted by Crippen LogP contribution is -2.31. The molecule has 0 unspecified atom stereocenters. The predicted molar refractivity (Wildman–Crippen MR) is 62.8 cm³/mol. The highest BCUT2D eigenvalue weighted by Crippen LogP contribution is 2.23. The van der Waals surface area contributed by atoms with E-state index in [0.717, 1.165) is 23.0 Å². The summed E-state index contributed by atoms with van der Waals surface area (Å²) in [5.74, 6) is 0. The van der Waals surface area contributed by atoms with Gasteiger partial charge in [0.25, 0.3) is 0 Å². The summed E-state index contributed by atoms with van der Waals surface area (Å²) in [6, 6.07) is 0.506. The summed E-state index contributed by atoms with van der Waals surface area (Å²) in [5, 5.41) is 1.10. The molecule has 80 valence electrons. The van der Waals surface area contributed by atoms with Crippen LogP contribution in [0.3, 0.4) is 0 Å². The second kappa shape index (κ2) is 5.32. The van der Waals surface area contributed by atoms with Crippen LogP contribution in [0.15, 0.2) is 6.20 Å². The summed E-state index contributed by atoms with van der Waals surface area (Å²) in [6.07, 6.45) is 3.03. The number of hydrogen-bond acceptors (Lipinski definition) is 4. The molecular weight excluding hydrogens is 194 g/mol. The Kier molecular flexibility index (Phi) is 4.35. The van der Waals surface area contributed by atoms with Crippen LogP contribution in [-0.4, -0.2) is 17.6 Å². The molecule has 0 amide bonds. The molecule has 0 aromatic carbocycles. The maximum absolute atomic E-state index is 5.57. The number of thiazole rings is 1. The molecule has 2 N–H and O–H groups in total. The van der Waals surface area contributed by atoms with Crippen molar-refractivity contribution in [1.29, 1.82) is 0 Å². The van der Waals surface area contributed by atoms with E-state index in [1.54, 1.807) is 11.3 Å². The summed E-state index contributed by atoms with van der Waals surface area (Å²) in [4.78, 5) is 7.87. The number of anilines is 1. The second-order valence-corrected chi connectivity index (χ2v) is 4.69. The van der Waals surface area contributed by atoms with Crippen LogP contribution in [0.1, 0.15) is 32.1 Å². The van der Waals surface area contributed by atoms with Crippen LogP contribution >= 0.6 is 11.3 Å². The molecule has 0 spiro atoms. The largest absolute Gasteiger partial charge is 0.346 e. The second-order valence-electron chi connectivity index (χ2n) is 3.60. The molecule has 3 nitrogen and oxygen atoms in total. The van der Waals surface area contributed by atoms with Crippen molar-refractivity contribution < 1.29 is 0 Å². The normalized spacial score (nSPS) is 10.9. The summed E-state index contributed by atoms with van der Waals surface area (Å²) in [7, 11) is 0. The van der Waals surface area contributed by atoms with Gasteiger partial charge in [0.1, 0.15) is 0 Å². The highest BCUT2D eigenvalue weighted by molar-refractivity contribution is 7.15.